The van der Waals surface area contributed by atoms with Gasteiger partial charge in [-0.2, -0.15) is 0 Å². The van der Waals surface area contributed by atoms with E-state index in [2.05, 4.69) is 9.97 Å². The van der Waals surface area contributed by atoms with Gasteiger partial charge in [-0.3, -0.25) is 9.78 Å². The van der Waals surface area contributed by atoms with Crippen LogP contribution in [0.3, 0.4) is 0 Å². The summed E-state index contributed by atoms with van der Waals surface area (Å²) >= 11 is 0. The van der Waals surface area contributed by atoms with E-state index < -0.39 is 0 Å². The average Bonchev–Trinajstić information content (AvgIpc) is 2.94. The van der Waals surface area contributed by atoms with E-state index in [1.165, 1.54) is 6.20 Å². The molecule has 1 aromatic heterocycles. The van der Waals surface area contributed by atoms with E-state index in [9.17, 15) is 9.90 Å². The van der Waals surface area contributed by atoms with Crippen LogP contribution in [0.2, 0.25) is 0 Å². The van der Waals surface area contributed by atoms with Crippen molar-refractivity contribution < 1.29 is 9.90 Å². The van der Waals surface area contributed by atoms with Gasteiger partial charge in [0.1, 0.15) is 5.69 Å². The van der Waals surface area contributed by atoms with Crippen LogP contribution in [0.25, 0.3) is 11.0 Å². The first-order chi connectivity index (χ1) is 9.29. The van der Waals surface area contributed by atoms with Crippen molar-refractivity contribution in [2.24, 2.45) is 0 Å². The van der Waals surface area contributed by atoms with Gasteiger partial charge in [-0.1, -0.05) is 12.1 Å². The standard InChI is InChI=1S/C14H15N3O2/c18-9-10-4-3-7-17(10)14(19)13-8-15-11-5-1-2-6-12(11)16-13/h1-2,5-6,8,10,18H,3-4,7,9H2/t10-/m0/s1. The molecule has 0 spiro atoms. The molecule has 1 amide bonds. The Labute approximate surface area is 110 Å². The van der Waals surface area contributed by atoms with Crippen LogP contribution in [-0.4, -0.2) is 45.1 Å². The highest BCUT2D eigenvalue weighted by molar-refractivity contribution is 5.94. The van der Waals surface area contributed by atoms with Gasteiger partial charge in [0.2, 0.25) is 0 Å². The maximum atomic E-state index is 12.4. The molecular formula is C14H15N3O2. The number of amides is 1. The van der Waals surface area contributed by atoms with Gasteiger partial charge in [0, 0.05) is 6.54 Å². The molecule has 0 aliphatic carbocycles. The molecule has 1 saturated heterocycles. The smallest absolute Gasteiger partial charge is 0.274 e. The van der Waals surface area contributed by atoms with Crippen LogP contribution in [0.15, 0.2) is 30.5 Å². The van der Waals surface area contributed by atoms with Crippen LogP contribution in [0.5, 0.6) is 0 Å². The van der Waals surface area contributed by atoms with Crippen LogP contribution in [0.4, 0.5) is 0 Å². The lowest BCUT2D eigenvalue weighted by Crippen LogP contribution is -2.38. The van der Waals surface area contributed by atoms with Crippen molar-refractivity contribution in [3.8, 4) is 0 Å². The van der Waals surface area contributed by atoms with Gasteiger partial charge in [-0.15, -0.1) is 0 Å². The number of aromatic nitrogens is 2. The van der Waals surface area contributed by atoms with Crippen molar-refractivity contribution in [2.75, 3.05) is 13.2 Å². The van der Waals surface area contributed by atoms with Crippen LogP contribution in [0.1, 0.15) is 23.3 Å². The fraction of sp³-hybridized carbons (Fsp3) is 0.357. The van der Waals surface area contributed by atoms with E-state index >= 15 is 0 Å². The molecule has 5 heteroatoms. The number of hydrogen-bond donors (Lipinski definition) is 1. The highest BCUT2D eigenvalue weighted by atomic mass is 16.3. The number of hydrogen-bond acceptors (Lipinski definition) is 4. The first kappa shape index (κ1) is 12.0. The van der Waals surface area contributed by atoms with Crippen LogP contribution in [-0.2, 0) is 0 Å². The topological polar surface area (TPSA) is 66.3 Å². The van der Waals surface area contributed by atoms with Gasteiger partial charge in [-0.05, 0) is 25.0 Å². The van der Waals surface area contributed by atoms with E-state index in [0.29, 0.717) is 17.8 Å². The van der Waals surface area contributed by atoms with Crippen LogP contribution < -0.4 is 0 Å². The molecule has 5 nitrogen and oxygen atoms in total. The number of carbonyl (C=O) groups is 1. The molecule has 1 aromatic carbocycles. The third-order valence-corrected chi connectivity index (χ3v) is 3.52. The molecule has 0 saturated carbocycles. The summed E-state index contributed by atoms with van der Waals surface area (Å²) in [5.74, 6) is -0.144. The second-order valence-electron chi connectivity index (χ2n) is 4.72. The molecule has 3 rings (SSSR count). The van der Waals surface area contributed by atoms with Gasteiger partial charge in [-0.25, -0.2) is 4.98 Å². The Morgan fingerprint density at radius 1 is 1.37 bits per heavy atom. The number of nitrogens with zero attached hydrogens (tertiary/aromatic N) is 3. The summed E-state index contributed by atoms with van der Waals surface area (Å²) in [5, 5.41) is 9.27. The molecule has 2 aromatic rings. The minimum absolute atomic E-state index is 0.00670. The number of fused-ring (bicyclic) bond motifs is 1. The highest BCUT2D eigenvalue weighted by Gasteiger charge is 2.29. The Kier molecular flexibility index (Phi) is 3.13. The Bertz CT molecular complexity index is 614. The molecule has 1 aliphatic heterocycles. The largest absolute Gasteiger partial charge is 0.394 e. The van der Waals surface area contributed by atoms with E-state index in [1.54, 1.807) is 4.90 Å². The van der Waals surface area contributed by atoms with Crippen molar-refractivity contribution in [3.63, 3.8) is 0 Å². The van der Waals surface area contributed by atoms with Crippen molar-refractivity contribution in [1.29, 1.82) is 0 Å². The summed E-state index contributed by atoms with van der Waals surface area (Å²) in [4.78, 5) is 22.7. The summed E-state index contributed by atoms with van der Waals surface area (Å²) in [6.45, 7) is 0.686. The molecule has 1 N–H and O–H groups in total. The lowest BCUT2D eigenvalue weighted by Gasteiger charge is -2.22. The zero-order chi connectivity index (χ0) is 13.2. The second kappa shape index (κ2) is 4.93. The predicted molar refractivity (Wildman–Crippen MR) is 70.7 cm³/mol. The quantitative estimate of drug-likeness (QED) is 0.878. The molecule has 2 heterocycles. The van der Waals surface area contributed by atoms with Gasteiger partial charge in [0.25, 0.3) is 5.91 Å². The van der Waals surface area contributed by atoms with Crippen molar-refractivity contribution in [3.05, 3.63) is 36.2 Å². The third-order valence-electron chi connectivity index (χ3n) is 3.52. The molecular weight excluding hydrogens is 242 g/mol. The molecule has 0 bridgehead atoms. The van der Waals surface area contributed by atoms with E-state index in [1.807, 2.05) is 24.3 Å². The van der Waals surface area contributed by atoms with Crippen molar-refractivity contribution in [1.82, 2.24) is 14.9 Å². The number of aliphatic hydroxyl groups excluding tert-OH is 1. The summed E-state index contributed by atoms with van der Waals surface area (Å²) in [6, 6.07) is 7.38. The summed E-state index contributed by atoms with van der Waals surface area (Å²) < 4.78 is 0. The number of para-hydroxylation sites is 2. The molecule has 1 aliphatic rings. The number of benzene rings is 1. The monoisotopic (exact) mass is 257 g/mol. The maximum absolute atomic E-state index is 12.4. The molecule has 98 valence electrons. The Hall–Kier alpha value is -2.01. The third kappa shape index (κ3) is 2.17. The SMILES string of the molecule is O=C(c1cnc2ccccc2n1)N1CCC[C@H]1CO. The number of aliphatic hydroxyl groups is 1. The Morgan fingerprint density at radius 2 is 2.16 bits per heavy atom. The normalized spacial score (nSPS) is 19.0. The minimum Gasteiger partial charge on any atom is -0.394 e. The Balaban J connectivity index is 1.93. The van der Waals surface area contributed by atoms with Gasteiger partial charge >= 0.3 is 0 Å². The summed E-state index contributed by atoms with van der Waals surface area (Å²) in [5.41, 5.74) is 1.84. The molecule has 1 atom stereocenters. The molecule has 0 unspecified atom stereocenters. The first-order valence-corrected chi connectivity index (χ1v) is 6.43. The van der Waals surface area contributed by atoms with Gasteiger partial charge in [0.15, 0.2) is 0 Å². The van der Waals surface area contributed by atoms with E-state index in [0.717, 1.165) is 18.4 Å². The predicted octanol–water partition coefficient (Wildman–Crippen LogP) is 1.23. The highest BCUT2D eigenvalue weighted by Crippen LogP contribution is 2.19. The Morgan fingerprint density at radius 3 is 2.95 bits per heavy atom. The lowest BCUT2D eigenvalue weighted by atomic mass is 10.2. The maximum Gasteiger partial charge on any atom is 0.274 e. The van der Waals surface area contributed by atoms with Gasteiger partial charge in [0.05, 0.1) is 29.9 Å². The van der Waals surface area contributed by atoms with Gasteiger partial charge < -0.3 is 10.0 Å². The zero-order valence-corrected chi connectivity index (χ0v) is 10.5. The summed E-state index contributed by atoms with van der Waals surface area (Å²) in [6.07, 6.45) is 3.29. The number of carbonyl (C=O) groups excluding carboxylic acids is 1. The molecule has 0 radical (unpaired) electrons. The fourth-order valence-corrected chi connectivity index (χ4v) is 2.50. The zero-order valence-electron chi connectivity index (χ0n) is 10.5. The lowest BCUT2D eigenvalue weighted by molar-refractivity contribution is 0.0671. The van der Waals surface area contributed by atoms with E-state index in [4.69, 9.17) is 0 Å². The van der Waals surface area contributed by atoms with Crippen LogP contribution >= 0.6 is 0 Å². The van der Waals surface area contributed by atoms with Crippen molar-refractivity contribution in [2.45, 2.75) is 18.9 Å². The van der Waals surface area contributed by atoms with E-state index in [-0.39, 0.29) is 18.6 Å². The second-order valence-corrected chi connectivity index (χ2v) is 4.72. The number of likely N-dealkylation sites (tertiary alicyclic amines) is 1. The van der Waals surface area contributed by atoms with Crippen LogP contribution in [0, 0.1) is 0 Å². The van der Waals surface area contributed by atoms with Crippen molar-refractivity contribution >= 4 is 16.9 Å². The molecule has 1 fully saturated rings. The molecule has 19 heavy (non-hydrogen) atoms. The number of rotatable bonds is 2. The minimum atomic E-state index is -0.144. The first-order valence-electron chi connectivity index (χ1n) is 6.43. The fourth-order valence-electron chi connectivity index (χ4n) is 2.50. The summed E-state index contributed by atoms with van der Waals surface area (Å²) in [7, 11) is 0. The average molecular weight is 257 g/mol.